The second-order valence-electron chi connectivity index (χ2n) is 9.89. The van der Waals surface area contributed by atoms with Crippen LogP contribution in [0.25, 0.3) is 22.6 Å². The van der Waals surface area contributed by atoms with E-state index in [2.05, 4.69) is 27.2 Å². The molecule has 0 aliphatic heterocycles. The number of pyridine rings is 1. The van der Waals surface area contributed by atoms with Crippen LogP contribution in [-0.4, -0.2) is 53.8 Å². The van der Waals surface area contributed by atoms with Gasteiger partial charge in [-0.05, 0) is 69.0 Å². The third-order valence-electron chi connectivity index (χ3n) is 6.32. The van der Waals surface area contributed by atoms with Gasteiger partial charge in [-0.25, -0.2) is 9.97 Å². The molecule has 0 spiro atoms. The molecule has 1 fully saturated rings. The third kappa shape index (κ3) is 5.73. The number of amides is 1. The lowest BCUT2D eigenvalue weighted by atomic mass is 10.1. The fraction of sp³-hybridized carbons (Fsp3) is 0.370. The van der Waals surface area contributed by atoms with E-state index in [4.69, 9.17) is 21.3 Å². The van der Waals surface area contributed by atoms with Crippen molar-refractivity contribution in [2.24, 2.45) is 0 Å². The molecule has 37 heavy (non-hydrogen) atoms. The van der Waals surface area contributed by atoms with Crippen molar-refractivity contribution in [1.82, 2.24) is 29.8 Å². The Labute approximate surface area is 219 Å². The van der Waals surface area contributed by atoms with Crippen LogP contribution < -0.4 is 10.1 Å². The molecule has 1 saturated carbocycles. The number of halogens is 1. The largest absolute Gasteiger partial charge is 0.470 e. The summed E-state index contributed by atoms with van der Waals surface area (Å²) in [7, 11) is 0. The summed E-state index contributed by atoms with van der Waals surface area (Å²) in [5.74, 6) is 0.873. The molecule has 0 radical (unpaired) electrons. The Bertz CT molecular complexity index is 1460. The van der Waals surface area contributed by atoms with Gasteiger partial charge in [0, 0.05) is 18.3 Å². The van der Waals surface area contributed by atoms with Crippen molar-refractivity contribution in [2.75, 3.05) is 6.54 Å². The first-order valence-corrected chi connectivity index (χ1v) is 12.6. The van der Waals surface area contributed by atoms with Crippen LogP contribution >= 0.6 is 11.6 Å². The number of aliphatic hydroxyl groups excluding tert-OH is 1. The summed E-state index contributed by atoms with van der Waals surface area (Å²) in [6, 6.07) is 9.45. The van der Waals surface area contributed by atoms with Gasteiger partial charge in [-0.3, -0.25) is 9.78 Å². The zero-order valence-corrected chi connectivity index (χ0v) is 21.8. The fourth-order valence-corrected chi connectivity index (χ4v) is 4.35. The molecule has 192 valence electrons. The van der Waals surface area contributed by atoms with Crippen molar-refractivity contribution in [3.8, 4) is 17.3 Å². The number of nitrogens with zero attached hydrogens (tertiary/aromatic N) is 5. The van der Waals surface area contributed by atoms with Gasteiger partial charge in [-0.15, -0.1) is 0 Å². The van der Waals surface area contributed by atoms with E-state index < -0.39 is 6.10 Å². The Kier molecular flexibility index (Phi) is 6.83. The number of hydrogen-bond donors (Lipinski definition) is 2. The maximum atomic E-state index is 12.2. The average Bonchev–Trinajstić information content (AvgIpc) is 3.46. The van der Waals surface area contributed by atoms with Crippen LogP contribution in [0.15, 0.2) is 42.9 Å². The van der Waals surface area contributed by atoms with E-state index in [1.165, 1.54) is 6.33 Å². The second kappa shape index (κ2) is 10.1. The quantitative estimate of drug-likeness (QED) is 0.344. The third-order valence-corrected chi connectivity index (χ3v) is 6.63. The van der Waals surface area contributed by atoms with E-state index in [0.29, 0.717) is 40.0 Å². The molecule has 1 amide bonds. The topological polar surface area (TPSA) is 115 Å². The van der Waals surface area contributed by atoms with E-state index in [1.54, 1.807) is 19.2 Å². The van der Waals surface area contributed by atoms with E-state index in [1.807, 2.05) is 35.8 Å². The molecule has 2 N–H and O–H groups in total. The fourth-order valence-electron chi connectivity index (χ4n) is 4.06. The minimum absolute atomic E-state index is 0.151. The van der Waals surface area contributed by atoms with Crippen LogP contribution in [0.1, 0.15) is 43.5 Å². The minimum atomic E-state index is -0.606. The van der Waals surface area contributed by atoms with Gasteiger partial charge in [0.15, 0.2) is 11.2 Å². The van der Waals surface area contributed by atoms with E-state index >= 15 is 0 Å². The predicted octanol–water partition coefficient (Wildman–Crippen LogP) is 3.87. The van der Waals surface area contributed by atoms with Crippen LogP contribution in [0.2, 0.25) is 5.02 Å². The lowest BCUT2D eigenvalue weighted by molar-refractivity contribution is -0.120. The van der Waals surface area contributed by atoms with Gasteiger partial charge in [-0.2, -0.15) is 4.98 Å². The summed E-state index contributed by atoms with van der Waals surface area (Å²) < 4.78 is 8.16. The molecule has 5 rings (SSSR count). The molecule has 4 aromatic rings. The summed E-state index contributed by atoms with van der Waals surface area (Å²) in [6.07, 6.45) is 4.76. The highest BCUT2D eigenvalue weighted by molar-refractivity contribution is 6.33. The molecular formula is C27H29ClN6O3. The predicted molar refractivity (Wildman–Crippen MR) is 141 cm³/mol. The van der Waals surface area contributed by atoms with Crippen molar-refractivity contribution in [3.63, 3.8) is 0 Å². The van der Waals surface area contributed by atoms with Gasteiger partial charge in [-0.1, -0.05) is 17.7 Å². The highest BCUT2D eigenvalue weighted by Crippen LogP contribution is 2.41. The van der Waals surface area contributed by atoms with Gasteiger partial charge >= 0.3 is 0 Å². The molecule has 1 aromatic carbocycles. The average molecular weight is 521 g/mol. The van der Waals surface area contributed by atoms with Gasteiger partial charge in [0.25, 0.3) is 0 Å². The van der Waals surface area contributed by atoms with Crippen LogP contribution in [0.4, 0.5) is 0 Å². The van der Waals surface area contributed by atoms with Crippen molar-refractivity contribution >= 4 is 28.7 Å². The molecule has 0 saturated heterocycles. The number of carbonyl (C=O) groups excluding carboxylic acids is 1. The summed E-state index contributed by atoms with van der Waals surface area (Å²) in [6.45, 7) is 6.33. The lowest BCUT2D eigenvalue weighted by Crippen LogP contribution is -2.31. The van der Waals surface area contributed by atoms with Crippen LogP contribution in [0.3, 0.4) is 0 Å². The first-order valence-electron chi connectivity index (χ1n) is 12.3. The van der Waals surface area contributed by atoms with Gasteiger partial charge in [0.2, 0.25) is 11.8 Å². The van der Waals surface area contributed by atoms with Crippen molar-refractivity contribution < 1.29 is 14.6 Å². The van der Waals surface area contributed by atoms with Crippen molar-refractivity contribution in [2.45, 2.75) is 58.3 Å². The number of rotatable bonds is 9. The summed E-state index contributed by atoms with van der Waals surface area (Å²) in [5.41, 5.74) is 4.39. The zero-order chi connectivity index (χ0) is 26.2. The number of benzene rings is 1. The zero-order valence-electron chi connectivity index (χ0n) is 21.0. The number of imidazole rings is 1. The summed E-state index contributed by atoms with van der Waals surface area (Å²) in [4.78, 5) is 30.6. The van der Waals surface area contributed by atoms with Crippen LogP contribution in [0.5, 0.6) is 5.88 Å². The number of fused-ring (bicyclic) bond motifs is 1. The SMILES string of the molecule is Cc1ccnc(Cn2c(-c3ccc(CC(=O)NC[C@H](C)O)cc3Cl)nc3c(OC4(C)CC4)ncnc32)c1. The van der Waals surface area contributed by atoms with Crippen LogP contribution in [0, 0.1) is 6.92 Å². The van der Waals surface area contributed by atoms with E-state index in [-0.39, 0.29) is 24.5 Å². The maximum absolute atomic E-state index is 12.2. The maximum Gasteiger partial charge on any atom is 0.245 e. The molecule has 3 heterocycles. The van der Waals surface area contributed by atoms with Crippen LogP contribution in [-0.2, 0) is 17.8 Å². The summed E-state index contributed by atoms with van der Waals surface area (Å²) in [5, 5.41) is 12.6. The molecule has 0 unspecified atom stereocenters. The Balaban J connectivity index is 1.54. The molecule has 1 atom stereocenters. The highest BCUT2D eigenvalue weighted by atomic mass is 35.5. The Morgan fingerprint density at radius 3 is 2.76 bits per heavy atom. The normalized spacial score (nSPS) is 14.9. The molecule has 1 aliphatic carbocycles. The Hall–Kier alpha value is -3.56. The Morgan fingerprint density at radius 1 is 1.24 bits per heavy atom. The second-order valence-corrected chi connectivity index (χ2v) is 10.3. The molecule has 3 aromatic heterocycles. The van der Waals surface area contributed by atoms with Crippen molar-refractivity contribution in [3.05, 3.63) is 64.7 Å². The lowest BCUT2D eigenvalue weighted by Gasteiger charge is -2.12. The van der Waals surface area contributed by atoms with E-state index in [0.717, 1.165) is 29.7 Å². The molecule has 0 bridgehead atoms. The molecule has 10 heteroatoms. The number of aliphatic hydroxyl groups is 1. The first-order chi connectivity index (χ1) is 17.7. The standard InChI is InChI=1S/C27H29ClN6O3/c1-16-6-9-29-19(10-16)14-34-24(33-23-25(34)31-15-32-26(23)37-27(3)7-8-27)20-5-4-18(11-21(20)28)12-22(36)30-13-17(2)35/h4-6,9-11,15,17,35H,7-8,12-14H2,1-3H3,(H,30,36)/t17-/m0/s1. The molecule has 1 aliphatic rings. The number of aromatic nitrogens is 5. The first kappa shape index (κ1) is 25.1. The molecular weight excluding hydrogens is 492 g/mol. The minimum Gasteiger partial charge on any atom is -0.470 e. The summed E-state index contributed by atoms with van der Waals surface area (Å²) >= 11 is 6.75. The van der Waals surface area contributed by atoms with Gasteiger partial charge < -0.3 is 19.7 Å². The number of hydrogen-bond acceptors (Lipinski definition) is 7. The Morgan fingerprint density at radius 2 is 2.05 bits per heavy atom. The number of aryl methyl sites for hydroxylation is 1. The monoisotopic (exact) mass is 520 g/mol. The van der Waals surface area contributed by atoms with Gasteiger partial charge in [0.05, 0.1) is 29.8 Å². The van der Waals surface area contributed by atoms with Crippen molar-refractivity contribution in [1.29, 1.82) is 0 Å². The van der Waals surface area contributed by atoms with Gasteiger partial charge in [0.1, 0.15) is 17.8 Å². The number of carbonyl (C=O) groups is 1. The molecule has 9 nitrogen and oxygen atoms in total. The van der Waals surface area contributed by atoms with E-state index in [9.17, 15) is 9.90 Å². The number of nitrogens with one attached hydrogen (secondary N) is 1. The highest BCUT2D eigenvalue weighted by Gasteiger charge is 2.41. The number of ether oxygens (including phenoxy) is 1. The smallest absolute Gasteiger partial charge is 0.245 e.